The lowest BCUT2D eigenvalue weighted by atomic mass is 10.0. The molecule has 0 spiro atoms. The molecular formula is C26H23N5O. The molecule has 5 rings (SSSR count). The lowest BCUT2D eigenvalue weighted by Crippen LogP contribution is -2.18. The van der Waals surface area contributed by atoms with Gasteiger partial charge in [-0.05, 0) is 18.2 Å². The quantitative estimate of drug-likeness (QED) is 0.406. The molecule has 1 unspecified atom stereocenters. The van der Waals surface area contributed by atoms with Crippen LogP contribution in [0.3, 0.4) is 0 Å². The van der Waals surface area contributed by atoms with E-state index in [4.69, 9.17) is 14.7 Å². The van der Waals surface area contributed by atoms with Crippen molar-refractivity contribution in [2.75, 3.05) is 12.4 Å². The van der Waals surface area contributed by atoms with E-state index in [1.165, 1.54) is 0 Å². The number of aryl methyl sites for hydroxylation is 1. The minimum atomic E-state index is -0.270. The number of hydrogen-bond donors (Lipinski definition) is 1. The second-order valence-electron chi connectivity index (χ2n) is 7.49. The van der Waals surface area contributed by atoms with Crippen molar-refractivity contribution in [2.45, 2.75) is 6.04 Å². The summed E-state index contributed by atoms with van der Waals surface area (Å²) < 4.78 is 7.68. The maximum atomic E-state index is 5.67. The number of nitrogens with zero attached hydrogens (tertiary/aromatic N) is 4. The van der Waals surface area contributed by atoms with Crippen LogP contribution in [0.5, 0.6) is 5.75 Å². The van der Waals surface area contributed by atoms with Crippen LogP contribution >= 0.6 is 0 Å². The number of nitrogens with one attached hydrogen (secondary N) is 1. The normalized spacial score (nSPS) is 11.9. The van der Waals surface area contributed by atoms with Gasteiger partial charge < -0.3 is 14.6 Å². The predicted octanol–water partition coefficient (Wildman–Crippen LogP) is 5.24. The minimum Gasteiger partial charge on any atom is -0.496 e. The lowest BCUT2D eigenvalue weighted by Gasteiger charge is -2.22. The first-order valence-electron chi connectivity index (χ1n) is 10.4. The number of hydrogen-bond acceptors (Lipinski definition) is 5. The molecule has 0 fully saturated rings. The summed E-state index contributed by atoms with van der Waals surface area (Å²) in [6.45, 7) is 0. The average Bonchev–Trinajstić information content (AvgIpc) is 3.28. The Balaban J connectivity index is 1.69. The molecule has 5 aromatic rings. The van der Waals surface area contributed by atoms with Gasteiger partial charge in [0.1, 0.15) is 23.4 Å². The Bertz CT molecular complexity index is 1360. The zero-order valence-corrected chi connectivity index (χ0v) is 17.9. The monoisotopic (exact) mass is 421 g/mol. The second kappa shape index (κ2) is 8.51. The van der Waals surface area contributed by atoms with Gasteiger partial charge in [-0.3, -0.25) is 0 Å². The standard InChI is InChI=1S/C26H23N5O/c1-31-17-16-27-26(31)23(20-13-7-9-15-22(20)32-2)29-25-19-12-6-8-14-21(19)28-24(30-25)18-10-4-3-5-11-18/h3-17,23H,1-2H3,(H,28,29,30). The summed E-state index contributed by atoms with van der Waals surface area (Å²) in [6.07, 6.45) is 3.74. The molecule has 0 amide bonds. The topological polar surface area (TPSA) is 64.9 Å². The van der Waals surface area contributed by atoms with Crippen LogP contribution in [-0.4, -0.2) is 26.6 Å². The number of rotatable bonds is 6. The van der Waals surface area contributed by atoms with Gasteiger partial charge in [-0.2, -0.15) is 0 Å². The van der Waals surface area contributed by atoms with Gasteiger partial charge in [0, 0.05) is 36.0 Å². The Kier molecular flexibility index (Phi) is 5.25. The van der Waals surface area contributed by atoms with Crippen LogP contribution in [-0.2, 0) is 7.05 Å². The molecule has 6 heteroatoms. The van der Waals surface area contributed by atoms with Crippen LogP contribution in [0.25, 0.3) is 22.3 Å². The average molecular weight is 422 g/mol. The number of ether oxygens (including phenoxy) is 1. The zero-order valence-electron chi connectivity index (χ0n) is 17.9. The van der Waals surface area contributed by atoms with E-state index in [0.29, 0.717) is 5.82 Å². The molecule has 1 atom stereocenters. The Morgan fingerprint density at radius 3 is 2.41 bits per heavy atom. The van der Waals surface area contributed by atoms with Crippen molar-refractivity contribution < 1.29 is 4.74 Å². The highest BCUT2D eigenvalue weighted by Crippen LogP contribution is 2.34. The van der Waals surface area contributed by atoms with Gasteiger partial charge in [0.2, 0.25) is 0 Å². The highest BCUT2D eigenvalue weighted by molar-refractivity contribution is 5.90. The highest BCUT2D eigenvalue weighted by Gasteiger charge is 2.23. The van der Waals surface area contributed by atoms with E-state index in [-0.39, 0.29) is 6.04 Å². The van der Waals surface area contributed by atoms with Gasteiger partial charge in [-0.1, -0.05) is 60.7 Å². The predicted molar refractivity (Wildman–Crippen MR) is 127 cm³/mol. The van der Waals surface area contributed by atoms with Crippen LogP contribution in [0, 0.1) is 0 Å². The first kappa shape index (κ1) is 19.8. The second-order valence-corrected chi connectivity index (χ2v) is 7.49. The fourth-order valence-corrected chi connectivity index (χ4v) is 3.88. The van der Waals surface area contributed by atoms with E-state index in [1.54, 1.807) is 13.3 Å². The van der Waals surface area contributed by atoms with E-state index in [0.717, 1.165) is 39.4 Å². The maximum absolute atomic E-state index is 5.67. The van der Waals surface area contributed by atoms with Crippen molar-refractivity contribution >= 4 is 16.7 Å². The first-order chi connectivity index (χ1) is 15.7. The van der Waals surface area contributed by atoms with Crippen molar-refractivity contribution in [1.29, 1.82) is 0 Å². The van der Waals surface area contributed by atoms with Gasteiger partial charge in [-0.15, -0.1) is 0 Å². The lowest BCUT2D eigenvalue weighted by molar-refractivity contribution is 0.408. The molecule has 0 radical (unpaired) electrons. The van der Waals surface area contributed by atoms with E-state index >= 15 is 0 Å². The number of imidazole rings is 1. The molecule has 0 aliphatic heterocycles. The van der Waals surface area contributed by atoms with Gasteiger partial charge >= 0.3 is 0 Å². The molecule has 2 heterocycles. The van der Waals surface area contributed by atoms with Crippen LogP contribution in [0.1, 0.15) is 17.4 Å². The summed E-state index contributed by atoms with van der Waals surface area (Å²) in [5.74, 6) is 3.06. The third-order valence-electron chi connectivity index (χ3n) is 5.48. The largest absolute Gasteiger partial charge is 0.496 e. The fourth-order valence-electron chi connectivity index (χ4n) is 3.88. The molecule has 6 nitrogen and oxygen atoms in total. The molecule has 32 heavy (non-hydrogen) atoms. The molecule has 2 aromatic heterocycles. The molecule has 3 aromatic carbocycles. The molecular weight excluding hydrogens is 398 g/mol. The summed E-state index contributed by atoms with van der Waals surface area (Å²) in [4.78, 5) is 14.4. The van der Waals surface area contributed by atoms with Crippen LogP contribution < -0.4 is 10.1 Å². The highest BCUT2D eigenvalue weighted by atomic mass is 16.5. The summed E-state index contributed by atoms with van der Waals surface area (Å²) in [5, 5.41) is 4.60. The third kappa shape index (κ3) is 3.67. The number of methoxy groups -OCH3 is 1. The number of para-hydroxylation sites is 2. The van der Waals surface area contributed by atoms with Crippen molar-refractivity contribution in [2.24, 2.45) is 7.05 Å². The number of benzene rings is 3. The molecule has 1 N–H and O–H groups in total. The van der Waals surface area contributed by atoms with Crippen molar-refractivity contribution in [1.82, 2.24) is 19.5 Å². The van der Waals surface area contributed by atoms with E-state index < -0.39 is 0 Å². The number of fused-ring (bicyclic) bond motifs is 1. The summed E-state index contributed by atoms with van der Waals surface area (Å²) >= 11 is 0. The molecule has 0 bridgehead atoms. The van der Waals surface area contributed by atoms with Gasteiger partial charge in [-0.25, -0.2) is 15.0 Å². The van der Waals surface area contributed by atoms with Crippen LogP contribution in [0.4, 0.5) is 5.82 Å². The fraction of sp³-hybridized carbons (Fsp3) is 0.115. The zero-order chi connectivity index (χ0) is 21.9. The number of anilines is 1. The third-order valence-corrected chi connectivity index (χ3v) is 5.48. The molecule has 0 aliphatic carbocycles. The number of aromatic nitrogens is 4. The van der Waals surface area contributed by atoms with E-state index in [1.807, 2.05) is 96.7 Å². The van der Waals surface area contributed by atoms with Crippen molar-refractivity contribution in [3.05, 3.63) is 103 Å². The Morgan fingerprint density at radius 1 is 0.875 bits per heavy atom. The van der Waals surface area contributed by atoms with E-state index in [9.17, 15) is 0 Å². The van der Waals surface area contributed by atoms with E-state index in [2.05, 4.69) is 10.3 Å². The van der Waals surface area contributed by atoms with Gasteiger partial charge in [0.15, 0.2) is 5.82 Å². The first-order valence-corrected chi connectivity index (χ1v) is 10.4. The van der Waals surface area contributed by atoms with Gasteiger partial charge in [0.05, 0.1) is 12.6 Å². The molecule has 158 valence electrons. The van der Waals surface area contributed by atoms with Crippen molar-refractivity contribution in [3.63, 3.8) is 0 Å². The van der Waals surface area contributed by atoms with Crippen molar-refractivity contribution in [3.8, 4) is 17.1 Å². The smallest absolute Gasteiger partial charge is 0.162 e. The Hall–Kier alpha value is -4.19. The van der Waals surface area contributed by atoms with Gasteiger partial charge in [0.25, 0.3) is 0 Å². The SMILES string of the molecule is COc1ccccc1C(Nc1nc(-c2ccccc2)nc2ccccc12)c1nccn1C. The van der Waals surface area contributed by atoms with Crippen LogP contribution in [0.15, 0.2) is 91.3 Å². The maximum Gasteiger partial charge on any atom is 0.162 e. The molecule has 0 aliphatic rings. The summed E-state index contributed by atoms with van der Waals surface area (Å²) in [7, 11) is 3.67. The summed E-state index contributed by atoms with van der Waals surface area (Å²) in [5.41, 5.74) is 2.82. The Morgan fingerprint density at radius 2 is 1.62 bits per heavy atom. The Labute approximate surface area is 186 Å². The van der Waals surface area contributed by atoms with Crippen LogP contribution in [0.2, 0.25) is 0 Å². The molecule has 0 saturated carbocycles. The summed E-state index contributed by atoms with van der Waals surface area (Å²) in [6, 6.07) is 25.7. The molecule has 0 saturated heterocycles. The minimum absolute atomic E-state index is 0.270.